The molecule has 0 unspecified atom stereocenters. The number of benzene rings is 1. The van der Waals surface area contributed by atoms with Gasteiger partial charge < -0.3 is 16.2 Å². The highest BCUT2D eigenvalue weighted by Gasteiger charge is 2.21. The van der Waals surface area contributed by atoms with Crippen molar-refractivity contribution in [3.05, 3.63) is 82.7 Å². The minimum Gasteiger partial charge on any atom is -0.396 e. The van der Waals surface area contributed by atoms with E-state index in [2.05, 4.69) is 37.4 Å². The molecular weight excluding hydrogens is 503 g/mol. The SMILES string of the molecule is Cc1cc(CSc2nc(N)c(C#N)c(-c3ccc(CCCO)nc3)c2C#N)nc(Nc2ccc(F)cc2)n1. The van der Waals surface area contributed by atoms with E-state index in [0.717, 1.165) is 11.4 Å². The normalized spacial score (nSPS) is 10.6. The zero-order valence-corrected chi connectivity index (χ0v) is 21.3. The molecule has 0 fully saturated rings. The van der Waals surface area contributed by atoms with Crippen molar-refractivity contribution in [2.24, 2.45) is 0 Å². The summed E-state index contributed by atoms with van der Waals surface area (Å²) < 4.78 is 13.2. The zero-order valence-electron chi connectivity index (χ0n) is 20.4. The Hall–Kier alpha value is -4.58. The molecule has 0 aliphatic rings. The predicted molar refractivity (Wildman–Crippen MR) is 143 cm³/mol. The number of anilines is 3. The van der Waals surface area contributed by atoms with Gasteiger partial charge >= 0.3 is 0 Å². The fourth-order valence-corrected chi connectivity index (χ4v) is 4.63. The number of pyridine rings is 2. The average Bonchev–Trinajstić information content (AvgIpc) is 2.91. The maximum atomic E-state index is 13.2. The van der Waals surface area contributed by atoms with Gasteiger partial charge in [-0.15, -0.1) is 0 Å². The number of nitrogens with two attached hydrogens (primary N) is 1. The number of aliphatic hydroxyl groups excluding tert-OH is 1. The molecule has 3 aromatic heterocycles. The molecule has 1 aromatic carbocycles. The van der Waals surface area contributed by atoms with Crippen LogP contribution in [0.2, 0.25) is 0 Å². The van der Waals surface area contributed by atoms with Crippen LogP contribution >= 0.6 is 11.8 Å². The van der Waals surface area contributed by atoms with Crippen LogP contribution in [0.4, 0.5) is 21.8 Å². The van der Waals surface area contributed by atoms with E-state index in [1.807, 2.05) is 13.0 Å². The quantitative estimate of drug-likeness (QED) is 0.262. The highest BCUT2D eigenvalue weighted by atomic mass is 32.2. The lowest BCUT2D eigenvalue weighted by molar-refractivity contribution is 0.288. The van der Waals surface area contributed by atoms with Gasteiger partial charge in [0, 0.05) is 46.8 Å². The molecule has 0 bridgehead atoms. The molecule has 3 heterocycles. The molecule has 190 valence electrons. The Morgan fingerprint density at radius 2 is 1.79 bits per heavy atom. The number of hydrogen-bond donors (Lipinski definition) is 3. The van der Waals surface area contributed by atoms with Gasteiger partial charge in [0.1, 0.15) is 34.4 Å². The van der Waals surface area contributed by atoms with Gasteiger partial charge in [0.2, 0.25) is 5.95 Å². The molecule has 0 atom stereocenters. The Balaban J connectivity index is 1.63. The number of halogens is 1. The molecule has 11 heteroatoms. The first-order valence-electron chi connectivity index (χ1n) is 11.6. The first-order chi connectivity index (χ1) is 18.4. The number of nitrogens with zero attached hydrogens (tertiary/aromatic N) is 6. The van der Waals surface area contributed by atoms with Crippen LogP contribution in [0.25, 0.3) is 11.1 Å². The van der Waals surface area contributed by atoms with Gasteiger partial charge in [-0.3, -0.25) is 4.98 Å². The van der Waals surface area contributed by atoms with Crippen LogP contribution in [-0.4, -0.2) is 31.6 Å². The number of rotatable bonds is 9. The molecule has 9 nitrogen and oxygen atoms in total. The van der Waals surface area contributed by atoms with E-state index >= 15 is 0 Å². The second-order valence-electron chi connectivity index (χ2n) is 8.26. The predicted octanol–water partition coefficient (Wildman–Crippen LogP) is 4.67. The number of aliphatic hydroxyl groups is 1. The van der Waals surface area contributed by atoms with Gasteiger partial charge in [0.15, 0.2) is 0 Å². The highest BCUT2D eigenvalue weighted by molar-refractivity contribution is 7.98. The molecule has 0 spiro atoms. The Labute approximate surface area is 223 Å². The summed E-state index contributed by atoms with van der Waals surface area (Å²) in [5, 5.41) is 32.3. The van der Waals surface area contributed by atoms with Crippen molar-refractivity contribution >= 4 is 29.2 Å². The number of aromatic nitrogens is 4. The lowest BCUT2D eigenvalue weighted by Gasteiger charge is -2.13. The molecule has 0 aliphatic carbocycles. The summed E-state index contributed by atoms with van der Waals surface area (Å²) in [5.74, 6) is 0.388. The van der Waals surface area contributed by atoms with E-state index in [1.165, 1.54) is 23.9 Å². The molecule has 0 saturated heterocycles. The third-order valence-corrected chi connectivity index (χ3v) is 6.49. The number of nitrogens with one attached hydrogen (secondary N) is 1. The average molecular weight is 527 g/mol. The fraction of sp³-hybridized carbons (Fsp3) is 0.185. The summed E-state index contributed by atoms with van der Waals surface area (Å²) >= 11 is 1.27. The van der Waals surface area contributed by atoms with E-state index in [0.29, 0.717) is 52.1 Å². The molecule has 38 heavy (non-hydrogen) atoms. The van der Waals surface area contributed by atoms with E-state index < -0.39 is 0 Å². The molecular formula is C27H23FN8OS. The van der Waals surface area contributed by atoms with Crippen molar-refractivity contribution < 1.29 is 9.50 Å². The van der Waals surface area contributed by atoms with Gasteiger partial charge in [-0.25, -0.2) is 19.3 Å². The van der Waals surface area contributed by atoms with Gasteiger partial charge in [0.25, 0.3) is 0 Å². The summed E-state index contributed by atoms with van der Waals surface area (Å²) in [5.41, 5.74) is 10.3. The molecule has 0 radical (unpaired) electrons. The molecule has 4 rings (SSSR count). The monoisotopic (exact) mass is 526 g/mol. The zero-order chi connectivity index (χ0) is 27.1. The topological polar surface area (TPSA) is 157 Å². The van der Waals surface area contributed by atoms with Crippen LogP contribution in [0.15, 0.2) is 53.7 Å². The smallest absolute Gasteiger partial charge is 0.227 e. The van der Waals surface area contributed by atoms with Crippen molar-refractivity contribution in [2.75, 3.05) is 17.7 Å². The number of thioether (sulfide) groups is 1. The van der Waals surface area contributed by atoms with Crippen molar-refractivity contribution in [2.45, 2.75) is 30.5 Å². The van der Waals surface area contributed by atoms with Crippen LogP contribution in [0.3, 0.4) is 0 Å². The van der Waals surface area contributed by atoms with E-state index in [1.54, 1.807) is 30.5 Å². The summed E-state index contributed by atoms with van der Waals surface area (Å²) in [4.78, 5) is 17.7. The Morgan fingerprint density at radius 3 is 2.45 bits per heavy atom. The maximum absolute atomic E-state index is 13.2. The minimum absolute atomic E-state index is 0.0193. The van der Waals surface area contributed by atoms with E-state index in [4.69, 9.17) is 10.8 Å². The molecule has 0 aliphatic heterocycles. The summed E-state index contributed by atoms with van der Waals surface area (Å²) in [6.45, 7) is 1.90. The van der Waals surface area contributed by atoms with Crippen molar-refractivity contribution in [3.8, 4) is 23.3 Å². The molecule has 0 amide bonds. The van der Waals surface area contributed by atoms with Gasteiger partial charge in [-0.2, -0.15) is 10.5 Å². The number of nitrogen functional groups attached to an aromatic ring is 1. The van der Waals surface area contributed by atoms with Crippen LogP contribution < -0.4 is 11.1 Å². The third-order valence-electron chi connectivity index (χ3n) is 5.48. The van der Waals surface area contributed by atoms with Gasteiger partial charge in [-0.1, -0.05) is 17.8 Å². The summed E-state index contributed by atoms with van der Waals surface area (Å²) in [7, 11) is 0. The summed E-state index contributed by atoms with van der Waals surface area (Å²) in [6, 6.07) is 15.5. The largest absolute Gasteiger partial charge is 0.396 e. The number of nitriles is 2. The first-order valence-corrected chi connectivity index (χ1v) is 12.6. The van der Waals surface area contributed by atoms with Crippen molar-refractivity contribution in [3.63, 3.8) is 0 Å². The Kier molecular flexibility index (Phi) is 8.44. The number of hydrogen-bond acceptors (Lipinski definition) is 10. The first kappa shape index (κ1) is 26.5. The van der Waals surface area contributed by atoms with Gasteiger partial charge in [-0.05, 0) is 56.2 Å². The van der Waals surface area contributed by atoms with Crippen LogP contribution in [0.5, 0.6) is 0 Å². The minimum atomic E-state index is -0.340. The molecule has 4 aromatic rings. The maximum Gasteiger partial charge on any atom is 0.227 e. The highest BCUT2D eigenvalue weighted by Crippen LogP contribution is 2.36. The van der Waals surface area contributed by atoms with E-state index in [9.17, 15) is 14.9 Å². The lowest BCUT2D eigenvalue weighted by Crippen LogP contribution is -2.05. The van der Waals surface area contributed by atoms with Gasteiger partial charge in [0.05, 0.1) is 11.3 Å². The fourth-order valence-electron chi connectivity index (χ4n) is 3.74. The molecule has 0 saturated carbocycles. The Morgan fingerprint density at radius 1 is 1.03 bits per heavy atom. The second kappa shape index (κ2) is 12.1. The van der Waals surface area contributed by atoms with Crippen molar-refractivity contribution in [1.29, 1.82) is 10.5 Å². The van der Waals surface area contributed by atoms with Crippen molar-refractivity contribution in [1.82, 2.24) is 19.9 Å². The third kappa shape index (κ3) is 6.21. The van der Waals surface area contributed by atoms with E-state index in [-0.39, 0.29) is 29.4 Å². The second-order valence-corrected chi connectivity index (χ2v) is 9.23. The number of aryl methyl sites for hydroxylation is 2. The van der Waals surface area contributed by atoms with Crippen LogP contribution in [0, 0.1) is 35.4 Å². The van der Waals surface area contributed by atoms with Crippen LogP contribution in [-0.2, 0) is 12.2 Å². The standard InChI is InChI=1S/C27H23FN8OS/c1-16-11-21(35-27(33-16)34-20-8-5-18(28)6-9-20)15-38-26-23(13-30)24(22(12-29)25(31)36-26)17-4-7-19(32-14-17)3-2-10-37/h4-9,11,14,37H,2-3,10,15H2,1H3,(H2,31,36)(H,33,34,35). The van der Waals surface area contributed by atoms with Crippen LogP contribution in [0.1, 0.15) is 34.6 Å². The lowest BCUT2D eigenvalue weighted by atomic mass is 9.98. The molecule has 4 N–H and O–H groups in total. The Bertz CT molecular complexity index is 1530. The summed E-state index contributed by atoms with van der Waals surface area (Å²) in [6.07, 6.45) is 2.80.